The van der Waals surface area contributed by atoms with Crippen LogP contribution in [0.25, 0.3) is 11.0 Å². The Morgan fingerprint density at radius 3 is 2.67 bits per heavy atom. The normalized spacial score (nSPS) is 17.9. The van der Waals surface area contributed by atoms with Crippen LogP contribution >= 0.6 is 0 Å². The molecule has 3 aromatic rings. The van der Waals surface area contributed by atoms with Crippen LogP contribution in [0.1, 0.15) is 44.7 Å². The van der Waals surface area contributed by atoms with Gasteiger partial charge in [0.25, 0.3) is 5.91 Å². The molecule has 0 atom stereocenters. The van der Waals surface area contributed by atoms with Crippen molar-refractivity contribution in [1.82, 2.24) is 20.0 Å². The lowest BCUT2D eigenvalue weighted by atomic mass is 9.80. The van der Waals surface area contributed by atoms with Gasteiger partial charge in [0, 0.05) is 11.6 Å². The van der Waals surface area contributed by atoms with Gasteiger partial charge in [0.05, 0.1) is 22.0 Å². The van der Waals surface area contributed by atoms with E-state index in [1.807, 2.05) is 17.6 Å². The molecule has 5 rings (SSSR count). The Hall–Kier alpha value is -3.38. The number of benzene rings is 1. The second-order valence-electron chi connectivity index (χ2n) is 8.38. The van der Waals surface area contributed by atoms with Crippen LogP contribution in [0.5, 0.6) is 0 Å². The number of nitrogens with zero attached hydrogens (tertiary/aromatic N) is 4. The van der Waals surface area contributed by atoms with Crippen LogP contribution in [0.15, 0.2) is 40.5 Å². The molecule has 1 aliphatic heterocycles. The molecule has 0 saturated heterocycles. The second kappa shape index (κ2) is 7.59. The fourth-order valence-corrected chi connectivity index (χ4v) is 5.15. The molecule has 4 N–H and O–H groups in total. The zero-order valence-electron chi connectivity index (χ0n) is 17.8. The molecule has 1 amide bonds. The maximum atomic E-state index is 14.5. The standard InChI is InChI=1S/C21H22FN7O3S/c1-12-17-9-13-11-24-20(25-16-6-5-14(10-15(16)22)33(23,31)32)26-18(13)29(17)21(19(30)28-27-12)7-3-2-4-8-21/h5-6,9-11H,2-4,7-8H2,1H3,(H,28,30)(H2,23,31,32)(H,24,25,26). The molecule has 1 aliphatic carbocycles. The van der Waals surface area contributed by atoms with Gasteiger partial charge in [0.15, 0.2) is 0 Å². The van der Waals surface area contributed by atoms with Crippen molar-refractivity contribution in [3.63, 3.8) is 0 Å². The van der Waals surface area contributed by atoms with Crippen LogP contribution in [-0.2, 0) is 20.4 Å². The van der Waals surface area contributed by atoms with Crippen molar-refractivity contribution >= 4 is 44.3 Å². The summed E-state index contributed by atoms with van der Waals surface area (Å²) in [6, 6.07) is 5.19. The van der Waals surface area contributed by atoms with Crippen LogP contribution in [0, 0.1) is 5.82 Å². The molecule has 0 bridgehead atoms. The van der Waals surface area contributed by atoms with Gasteiger partial charge in [-0.05, 0) is 44.0 Å². The molecular formula is C21H22FN7O3S. The first-order valence-electron chi connectivity index (χ1n) is 10.5. The summed E-state index contributed by atoms with van der Waals surface area (Å²) in [6.45, 7) is 1.82. The van der Waals surface area contributed by atoms with Crippen LogP contribution in [0.2, 0.25) is 0 Å². The van der Waals surface area contributed by atoms with Gasteiger partial charge in [0.2, 0.25) is 16.0 Å². The molecule has 0 radical (unpaired) electrons. The van der Waals surface area contributed by atoms with Crippen molar-refractivity contribution in [2.24, 2.45) is 10.2 Å². The van der Waals surface area contributed by atoms with E-state index in [2.05, 4.69) is 25.8 Å². The third kappa shape index (κ3) is 3.55. The van der Waals surface area contributed by atoms with E-state index in [-0.39, 0.29) is 22.4 Å². The van der Waals surface area contributed by atoms with Crippen molar-refractivity contribution < 1.29 is 17.6 Å². The summed E-state index contributed by atoms with van der Waals surface area (Å²) in [5.74, 6) is -0.878. The van der Waals surface area contributed by atoms with E-state index < -0.39 is 21.4 Å². The van der Waals surface area contributed by atoms with Crippen LogP contribution in [-0.4, -0.2) is 34.6 Å². The summed E-state index contributed by atoms with van der Waals surface area (Å²) >= 11 is 0. The van der Waals surface area contributed by atoms with E-state index in [1.54, 1.807) is 6.20 Å². The highest BCUT2D eigenvalue weighted by molar-refractivity contribution is 7.89. The van der Waals surface area contributed by atoms with E-state index in [1.165, 1.54) is 12.1 Å². The Labute approximate surface area is 189 Å². The van der Waals surface area contributed by atoms with Crippen LogP contribution in [0.3, 0.4) is 0 Å². The number of aromatic nitrogens is 3. The second-order valence-corrected chi connectivity index (χ2v) is 9.94. The summed E-state index contributed by atoms with van der Waals surface area (Å²) in [6.07, 6.45) is 5.79. The minimum absolute atomic E-state index is 0.00717. The molecule has 33 heavy (non-hydrogen) atoms. The molecule has 1 saturated carbocycles. The molecule has 10 nitrogen and oxygen atoms in total. The number of carbonyl (C=O) groups excluding carboxylic acids is 1. The van der Waals surface area contributed by atoms with Crippen molar-refractivity contribution in [1.29, 1.82) is 0 Å². The molecule has 2 aromatic heterocycles. The third-order valence-electron chi connectivity index (χ3n) is 6.28. The Balaban J connectivity index is 1.62. The first-order chi connectivity index (χ1) is 15.7. The predicted octanol–water partition coefficient (Wildman–Crippen LogP) is 2.47. The van der Waals surface area contributed by atoms with Crippen molar-refractivity contribution in [2.45, 2.75) is 49.5 Å². The molecular weight excluding hydrogens is 449 g/mol. The third-order valence-corrected chi connectivity index (χ3v) is 7.19. The number of anilines is 2. The first-order valence-corrected chi connectivity index (χ1v) is 12.1. The number of hydrazone groups is 1. The Kier molecular flexibility index (Phi) is 4.94. The van der Waals surface area contributed by atoms with Gasteiger partial charge in [-0.15, -0.1) is 0 Å². The number of hydrogen-bond donors (Lipinski definition) is 3. The number of carbonyl (C=O) groups is 1. The molecule has 172 valence electrons. The SMILES string of the molecule is CC1=NNC(=O)C2(CCCCC2)n2c1cc1cnc(Nc3ccc(S(N)(=O)=O)cc3F)nc12. The Bertz CT molecular complexity index is 1430. The average Bonchev–Trinajstić information content (AvgIpc) is 3.14. The molecule has 12 heteroatoms. The van der Waals surface area contributed by atoms with Gasteiger partial charge < -0.3 is 9.88 Å². The largest absolute Gasteiger partial charge is 0.322 e. The van der Waals surface area contributed by atoms with Crippen molar-refractivity contribution in [3.8, 4) is 0 Å². The minimum atomic E-state index is -4.03. The fraction of sp³-hybridized carbons (Fsp3) is 0.333. The lowest BCUT2D eigenvalue weighted by molar-refractivity contribution is -0.131. The highest BCUT2D eigenvalue weighted by Crippen LogP contribution is 2.40. The van der Waals surface area contributed by atoms with Gasteiger partial charge in [-0.2, -0.15) is 10.1 Å². The summed E-state index contributed by atoms with van der Waals surface area (Å²) < 4.78 is 39.4. The minimum Gasteiger partial charge on any atom is -0.322 e. The number of nitrogens with two attached hydrogens (primary N) is 1. The van der Waals surface area contributed by atoms with E-state index in [4.69, 9.17) is 5.14 Å². The molecule has 2 aliphatic rings. The highest BCUT2D eigenvalue weighted by Gasteiger charge is 2.45. The summed E-state index contributed by atoms with van der Waals surface area (Å²) in [5.41, 5.74) is 3.84. The maximum Gasteiger partial charge on any atom is 0.266 e. The number of fused-ring (bicyclic) bond motifs is 4. The van der Waals surface area contributed by atoms with E-state index >= 15 is 0 Å². The Morgan fingerprint density at radius 1 is 1.21 bits per heavy atom. The molecule has 1 spiro atoms. The van der Waals surface area contributed by atoms with E-state index in [0.29, 0.717) is 24.2 Å². The summed E-state index contributed by atoms with van der Waals surface area (Å²) in [5, 5.41) is 12.8. The van der Waals surface area contributed by atoms with Gasteiger partial charge in [-0.1, -0.05) is 19.3 Å². The lowest BCUT2D eigenvalue weighted by Gasteiger charge is -2.37. The average molecular weight is 472 g/mol. The number of sulfonamides is 1. The number of primary sulfonamides is 1. The number of rotatable bonds is 3. The van der Waals surface area contributed by atoms with E-state index in [9.17, 15) is 17.6 Å². The van der Waals surface area contributed by atoms with Crippen LogP contribution < -0.4 is 15.9 Å². The summed E-state index contributed by atoms with van der Waals surface area (Å²) in [7, 11) is -4.03. The fourth-order valence-electron chi connectivity index (χ4n) is 4.63. The maximum absolute atomic E-state index is 14.5. The molecule has 0 unspecified atom stereocenters. The topological polar surface area (TPSA) is 144 Å². The van der Waals surface area contributed by atoms with E-state index in [0.717, 1.165) is 36.4 Å². The van der Waals surface area contributed by atoms with Gasteiger partial charge in [0.1, 0.15) is 17.0 Å². The predicted molar refractivity (Wildman–Crippen MR) is 120 cm³/mol. The quantitative estimate of drug-likeness (QED) is 0.535. The molecule has 1 fully saturated rings. The number of amides is 1. The zero-order valence-corrected chi connectivity index (χ0v) is 18.6. The van der Waals surface area contributed by atoms with Gasteiger partial charge in [-0.25, -0.2) is 28.4 Å². The zero-order chi connectivity index (χ0) is 23.4. The molecule has 1 aromatic carbocycles. The molecule has 3 heterocycles. The monoisotopic (exact) mass is 471 g/mol. The summed E-state index contributed by atoms with van der Waals surface area (Å²) in [4.78, 5) is 21.7. The number of halogens is 1. The Morgan fingerprint density at radius 2 is 1.97 bits per heavy atom. The number of hydrogen-bond acceptors (Lipinski definition) is 7. The smallest absolute Gasteiger partial charge is 0.266 e. The van der Waals surface area contributed by atoms with Crippen molar-refractivity contribution in [2.75, 3.05) is 5.32 Å². The van der Waals surface area contributed by atoms with Gasteiger partial charge >= 0.3 is 0 Å². The van der Waals surface area contributed by atoms with Crippen molar-refractivity contribution in [3.05, 3.63) is 42.0 Å². The lowest BCUT2D eigenvalue weighted by Crippen LogP contribution is -2.48. The first kappa shape index (κ1) is 21.5. The highest BCUT2D eigenvalue weighted by atomic mass is 32.2. The number of nitrogens with one attached hydrogen (secondary N) is 2. The van der Waals surface area contributed by atoms with Gasteiger partial charge in [-0.3, -0.25) is 4.79 Å². The van der Waals surface area contributed by atoms with Crippen LogP contribution in [0.4, 0.5) is 16.0 Å².